The van der Waals surface area contributed by atoms with Crippen LogP contribution in [0.5, 0.6) is 0 Å². The highest BCUT2D eigenvalue weighted by molar-refractivity contribution is 5.85. The van der Waals surface area contributed by atoms with Crippen LogP contribution in [0.3, 0.4) is 0 Å². The van der Waals surface area contributed by atoms with Gasteiger partial charge in [0.25, 0.3) is 0 Å². The Balaban J connectivity index is 1.84. The molecule has 2 rings (SSSR count). The van der Waals surface area contributed by atoms with Crippen molar-refractivity contribution in [1.29, 1.82) is 0 Å². The molecular formula is C13H21NO4. The Kier molecular flexibility index (Phi) is 3.61. The number of carboxylic acids is 1. The fourth-order valence-electron chi connectivity index (χ4n) is 2.74. The van der Waals surface area contributed by atoms with E-state index in [0.717, 1.165) is 25.7 Å². The molecule has 102 valence electrons. The summed E-state index contributed by atoms with van der Waals surface area (Å²) in [7, 11) is 0. The molecule has 0 aromatic rings. The smallest absolute Gasteiger partial charge is 0.310 e. The lowest BCUT2D eigenvalue weighted by molar-refractivity contribution is -0.151. The topological polar surface area (TPSA) is 86.6 Å². The summed E-state index contributed by atoms with van der Waals surface area (Å²) in [5, 5.41) is 21.2. The summed E-state index contributed by atoms with van der Waals surface area (Å²) < 4.78 is 0. The van der Waals surface area contributed by atoms with E-state index >= 15 is 0 Å². The maximum Gasteiger partial charge on any atom is 0.310 e. The van der Waals surface area contributed by atoms with E-state index in [1.54, 1.807) is 0 Å². The van der Waals surface area contributed by atoms with Crippen LogP contribution < -0.4 is 5.32 Å². The van der Waals surface area contributed by atoms with Crippen LogP contribution in [0, 0.1) is 10.8 Å². The summed E-state index contributed by atoms with van der Waals surface area (Å²) >= 11 is 0. The van der Waals surface area contributed by atoms with Crippen molar-refractivity contribution in [2.24, 2.45) is 10.8 Å². The monoisotopic (exact) mass is 255 g/mol. The molecule has 0 aliphatic heterocycles. The largest absolute Gasteiger partial charge is 0.481 e. The molecule has 2 aliphatic carbocycles. The van der Waals surface area contributed by atoms with E-state index in [1.807, 2.05) is 0 Å². The molecule has 2 saturated carbocycles. The summed E-state index contributed by atoms with van der Waals surface area (Å²) in [4.78, 5) is 23.2. The molecule has 0 spiro atoms. The summed E-state index contributed by atoms with van der Waals surface area (Å²) in [5.41, 5.74) is -0.971. The van der Waals surface area contributed by atoms with Gasteiger partial charge in [0.1, 0.15) is 0 Å². The lowest BCUT2D eigenvalue weighted by Gasteiger charge is -2.23. The third kappa shape index (κ3) is 2.66. The second-order valence-electron chi connectivity index (χ2n) is 5.90. The van der Waals surface area contributed by atoms with Crippen molar-refractivity contribution in [1.82, 2.24) is 5.32 Å². The van der Waals surface area contributed by atoms with E-state index in [4.69, 9.17) is 5.11 Å². The number of carboxylic acid groups (broad SMARTS) is 1. The predicted octanol–water partition coefficient (Wildman–Crippen LogP) is 0.910. The first kappa shape index (κ1) is 13.3. The van der Waals surface area contributed by atoms with Crippen LogP contribution in [0.1, 0.15) is 44.9 Å². The van der Waals surface area contributed by atoms with Crippen molar-refractivity contribution in [3.05, 3.63) is 0 Å². The maximum atomic E-state index is 11.8. The molecule has 0 saturated heterocycles. The van der Waals surface area contributed by atoms with Gasteiger partial charge in [-0.05, 0) is 25.7 Å². The second kappa shape index (κ2) is 4.88. The van der Waals surface area contributed by atoms with Gasteiger partial charge in [-0.1, -0.05) is 12.8 Å². The Morgan fingerprint density at radius 3 is 2.17 bits per heavy atom. The van der Waals surface area contributed by atoms with E-state index < -0.39 is 11.4 Å². The Morgan fingerprint density at radius 1 is 1.11 bits per heavy atom. The van der Waals surface area contributed by atoms with Gasteiger partial charge >= 0.3 is 5.97 Å². The quantitative estimate of drug-likeness (QED) is 0.658. The second-order valence-corrected chi connectivity index (χ2v) is 5.90. The van der Waals surface area contributed by atoms with E-state index in [0.29, 0.717) is 19.4 Å². The fraction of sp³-hybridized carbons (Fsp3) is 0.846. The number of rotatable bonds is 6. The van der Waals surface area contributed by atoms with Crippen molar-refractivity contribution in [2.75, 3.05) is 13.2 Å². The third-order valence-electron chi connectivity index (χ3n) is 4.47. The van der Waals surface area contributed by atoms with Gasteiger partial charge in [0.2, 0.25) is 5.91 Å². The minimum atomic E-state index is -0.849. The Labute approximate surface area is 107 Å². The highest BCUT2D eigenvalue weighted by Crippen LogP contribution is 2.45. The van der Waals surface area contributed by atoms with Crippen LogP contribution >= 0.6 is 0 Å². The first-order valence-corrected chi connectivity index (χ1v) is 6.63. The zero-order chi connectivity index (χ0) is 13.2. The fourth-order valence-corrected chi connectivity index (χ4v) is 2.74. The van der Waals surface area contributed by atoms with Crippen LogP contribution in [-0.2, 0) is 9.59 Å². The molecule has 0 radical (unpaired) electrons. The summed E-state index contributed by atoms with van der Waals surface area (Å²) in [6, 6.07) is 0. The molecule has 3 N–H and O–H groups in total. The van der Waals surface area contributed by atoms with Crippen LogP contribution in [0.15, 0.2) is 0 Å². The molecule has 1 amide bonds. The predicted molar refractivity (Wildman–Crippen MR) is 64.9 cm³/mol. The number of carbonyl (C=O) groups excluding carboxylic acids is 1. The number of amides is 1. The van der Waals surface area contributed by atoms with Crippen LogP contribution in [0.25, 0.3) is 0 Å². The van der Waals surface area contributed by atoms with Gasteiger partial charge in [-0.2, -0.15) is 0 Å². The molecule has 5 nitrogen and oxygen atoms in total. The lowest BCUT2D eigenvalue weighted by atomic mass is 9.82. The van der Waals surface area contributed by atoms with Gasteiger partial charge in [0.05, 0.1) is 12.0 Å². The molecular weight excluding hydrogens is 234 g/mol. The minimum absolute atomic E-state index is 0.0733. The number of carbonyl (C=O) groups is 2. The minimum Gasteiger partial charge on any atom is -0.481 e. The molecule has 18 heavy (non-hydrogen) atoms. The summed E-state index contributed by atoms with van der Waals surface area (Å²) in [6.07, 6.45) is 4.92. The standard InChI is InChI=1S/C13H21NO4/c15-9-12(5-6-12)8-14-10(16)7-13(11(17)18)3-1-2-4-13/h15H,1-9H2,(H,14,16)(H,17,18). The molecule has 0 aromatic heterocycles. The molecule has 0 aromatic carbocycles. The highest BCUT2D eigenvalue weighted by atomic mass is 16.4. The number of aliphatic carboxylic acids is 1. The van der Waals surface area contributed by atoms with Gasteiger partial charge < -0.3 is 15.5 Å². The van der Waals surface area contributed by atoms with E-state index in [2.05, 4.69) is 5.32 Å². The van der Waals surface area contributed by atoms with Gasteiger partial charge in [0, 0.05) is 18.4 Å². The zero-order valence-electron chi connectivity index (χ0n) is 10.6. The Morgan fingerprint density at radius 2 is 1.72 bits per heavy atom. The van der Waals surface area contributed by atoms with E-state index in [1.165, 1.54) is 0 Å². The molecule has 2 fully saturated rings. The lowest BCUT2D eigenvalue weighted by Crippen LogP contribution is -2.38. The Bertz CT molecular complexity index is 343. The number of hydrogen-bond donors (Lipinski definition) is 3. The first-order valence-electron chi connectivity index (χ1n) is 6.63. The first-order chi connectivity index (χ1) is 8.52. The average molecular weight is 255 g/mol. The van der Waals surface area contributed by atoms with E-state index in [9.17, 15) is 14.7 Å². The normalized spacial score (nSPS) is 23.6. The number of nitrogens with one attached hydrogen (secondary N) is 1. The van der Waals surface area contributed by atoms with Crippen molar-refractivity contribution in [3.63, 3.8) is 0 Å². The van der Waals surface area contributed by atoms with Gasteiger partial charge in [0.15, 0.2) is 0 Å². The van der Waals surface area contributed by atoms with Gasteiger partial charge in [-0.15, -0.1) is 0 Å². The van der Waals surface area contributed by atoms with Gasteiger partial charge in [-0.25, -0.2) is 0 Å². The van der Waals surface area contributed by atoms with E-state index in [-0.39, 0.29) is 24.3 Å². The number of hydrogen-bond acceptors (Lipinski definition) is 3. The zero-order valence-corrected chi connectivity index (χ0v) is 10.6. The maximum absolute atomic E-state index is 11.8. The van der Waals surface area contributed by atoms with Crippen LogP contribution in [0.2, 0.25) is 0 Å². The highest BCUT2D eigenvalue weighted by Gasteiger charge is 2.45. The van der Waals surface area contributed by atoms with Crippen LogP contribution in [0.4, 0.5) is 0 Å². The van der Waals surface area contributed by atoms with Crippen molar-refractivity contribution in [2.45, 2.75) is 44.9 Å². The molecule has 5 heteroatoms. The third-order valence-corrected chi connectivity index (χ3v) is 4.47. The Hall–Kier alpha value is -1.10. The number of aliphatic hydroxyl groups is 1. The molecule has 0 unspecified atom stereocenters. The molecule has 0 bridgehead atoms. The average Bonchev–Trinajstić information content (AvgIpc) is 2.98. The number of aliphatic hydroxyl groups excluding tert-OH is 1. The molecule has 0 heterocycles. The van der Waals surface area contributed by atoms with Crippen molar-refractivity contribution in [3.8, 4) is 0 Å². The van der Waals surface area contributed by atoms with Crippen molar-refractivity contribution < 1.29 is 19.8 Å². The molecule has 2 aliphatic rings. The summed E-state index contributed by atoms with van der Waals surface area (Å²) in [6.45, 7) is 0.565. The van der Waals surface area contributed by atoms with Gasteiger partial charge in [-0.3, -0.25) is 9.59 Å². The SMILES string of the molecule is O=C(CC1(C(=O)O)CCCC1)NCC1(CO)CC1. The van der Waals surface area contributed by atoms with Crippen molar-refractivity contribution >= 4 is 11.9 Å². The van der Waals surface area contributed by atoms with Crippen LogP contribution in [-0.4, -0.2) is 35.2 Å². The molecule has 0 atom stereocenters. The summed E-state index contributed by atoms with van der Waals surface area (Å²) in [5.74, 6) is -1.04.